The van der Waals surface area contributed by atoms with E-state index in [0.29, 0.717) is 17.9 Å². The second-order valence-electron chi connectivity index (χ2n) is 8.71. The molecule has 4 rings (SSSR count). The van der Waals surface area contributed by atoms with Crippen molar-refractivity contribution in [1.29, 1.82) is 0 Å². The van der Waals surface area contributed by atoms with Crippen LogP contribution in [-0.2, 0) is 11.4 Å². The standard InChI is InChI=1S/C27H28FNO2/c1-16(2)20-10-7-11-21(17(3)4)26(20)29-27(30)25-22-9-6-5-8-18(22)15-31-24-13-12-19(28)14-23(24)25/h5-14,16-17,25H,15H2,1-4H3,(H,29,30). The third-order valence-electron chi connectivity index (χ3n) is 5.92. The Labute approximate surface area is 183 Å². The molecular formula is C27H28FNO2. The number of hydrogen-bond donors (Lipinski definition) is 1. The van der Waals surface area contributed by atoms with Crippen LogP contribution in [0.5, 0.6) is 5.75 Å². The molecule has 0 radical (unpaired) electrons. The van der Waals surface area contributed by atoms with E-state index in [1.54, 1.807) is 6.07 Å². The Hall–Kier alpha value is -3.14. The van der Waals surface area contributed by atoms with Gasteiger partial charge in [-0.3, -0.25) is 4.79 Å². The van der Waals surface area contributed by atoms with Gasteiger partial charge in [-0.1, -0.05) is 70.2 Å². The first-order valence-electron chi connectivity index (χ1n) is 10.8. The summed E-state index contributed by atoms with van der Waals surface area (Å²) in [5.74, 6) is -0.180. The first kappa shape index (κ1) is 21.1. The zero-order valence-corrected chi connectivity index (χ0v) is 18.4. The van der Waals surface area contributed by atoms with E-state index < -0.39 is 5.92 Å². The van der Waals surface area contributed by atoms with Gasteiger partial charge >= 0.3 is 0 Å². The Morgan fingerprint density at radius 2 is 1.61 bits per heavy atom. The van der Waals surface area contributed by atoms with E-state index in [9.17, 15) is 9.18 Å². The van der Waals surface area contributed by atoms with Gasteiger partial charge in [0.1, 0.15) is 18.2 Å². The molecule has 4 heteroatoms. The highest BCUT2D eigenvalue weighted by Crippen LogP contribution is 2.40. The van der Waals surface area contributed by atoms with Crippen LogP contribution in [0.1, 0.15) is 73.3 Å². The number of rotatable bonds is 4. The molecule has 1 N–H and O–H groups in total. The van der Waals surface area contributed by atoms with Gasteiger partial charge in [0.2, 0.25) is 5.91 Å². The van der Waals surface area contributed by atoms with Gasteiger partial charge < -0.3 is 10.1 Å². The lowest BCUT2D eigenvalue weighted by Gasteiger charge is -2.24. The third kappa shape index (κ3) is 4.07. The molecule has 1 aliphatic heterocycles. The van der Waals surface area contributed by atoms with E-state index in [0.717, 1.165) is 27.9 Å². The molecule has 3 aromatic rings. The van der Waals surface area contributed by atoms with Crippen molar-refractivity contribution >= 4 is 11.6 Å². The van der Waals surface area contributed by atoms with Crippen LogP contribution in [0.25, 0.3) is 0 Å². The molecule has 1 unspecified atom stereocenters. The summed E-state index contributed by atoms with van der Waals surface area (Å²) in [5, 5.41) is 3.22. The Balaban J connectivity index is 1.84. The number of fused-ring (bicyclic) bond motifs is 2. The molecule has 160 valence electrons. The molecule has 0 spiro atoms. The summed E-state index contributed by atoms with van der Waals surface area (Å²) in [6.07, 6.45) is 0. The molecular weight excluding hydrogens is 389 g/mol. The molecule has 1 atom stereocenters. The van der Waals surface area contributed by atoms with Crippen LogP contribution in [0.4, 0.5) is 10.1 Å². The second-order valence-corrected chi connectivity index (χ2v) is 8.71. The van der Waals surface area contributed by atoms with Crippen LogP contribution in [-0.4, -0.2) is 5.91 Å². The van der Waals surface area contributed by atoms with Gasteiger partial charge in [-0.15, -0.1) is 0 Å². The highest BCUT2D eigenvalue weighted by molar-refractivity contribution is 6.00. The number of anilines is 1. The molecule has 3 nitrogen and oxygen atoms in total. The predicted octanol–water partition coefficient (Wildman–Crippen LogP) is 6.74. The fourth-order valence-electron chi connectivity index (χ4n) is 4.32. The minimum absolute atomic E-state index is 0.181. The van der Waals surface area contributed by atoms with E-state index in [4.69, 9.17) is 4.74 Å². The highest BCUT2D eigenvalue weighted by atomic mass is 19.1. The van der Waals surface area contributed by atoms with Crippen LogP contribution in [0.2, 0.25) is 0 Å². The van der Waals surface area contributed by atoms with Gasteiger partial charge in [0, 0.05) is 11.3 Å². The van der Waals surface area contributed by atoms with E-state index in [1.807, 2.05) is 30.3 Å². The monoisotopic (exact) mass is 417 g/mol. The smallest absolute Gasteiger partial charge is 0.236 e. The normalized spacial score (nSPS) is 15.1. The van der Waals surface area contributed by atoms with Crippen molar-refractivity contribution in [1.82, 2.24) is 0 Å². The van der Waals surface area contributed by atoms with Crippen LogP contribution in [0, 0.1) is 5.82 Å². The van der Waals surface area contributed by atoms with Crippen molar-refractivity contribution in [3.63, 3.8) is 0 Å². The number of halogens is 1. The van der Waals surface area contributed by atoms with Crippen LogP contribution in [0.3, 0.4) is 0 Å². The molecule has 1 heterocycles. The van der Waals surface area contributed by atoms with Crippen molar-refractivity contribution in [3.8, 4) is 5.75 Å². The second kappa shape index (κ2) is 8.54. The lowest BCUT2D eigenvalue weighted by molar-refractivity contribution is -0.116. The summed E-state index contributed by atoms with van der Waals surface area (Å²) in [7, 11) is 0. The maximum absolute atomic E-state index is 14.2. The first-order chi connectivity index (χ1) is 14.9. The van der Waals surface area contributed by atoms with Gasteiger partial charge in [-0.05, 0) is 52.3 Å². The Bertz CT molecular complexity index is 1090. The summed E-state index contributed by atoms with van der Waals surface area (Å²) in [6.45, 7) is 8.82. The van der Waals surface area contributed by atoms with Crippen LogP contribution >= 0.6 is 0 Å². The molecule has 1 aliphatic rings. The zero-order valence-electron chi connectivity index (χ0n) is 18.4. The predicted molar refractivity (Wildman–Crippen MR) is 122 cm³/mol. The summed E-state index contributed by atoms with van der Waals surface area (Å²) < 4.78 is 20.2. The highest BCUT2D eigenvalue weighted by Gasteiger charge is 2.32. The minimum Gasteiger partial charge on any atom is -0.489 e. The molecule has 0 saturated carbocycles. The third-order valence-corrected chi connectivity index (χ3v) is 5.92. The van der Waals surface area contributed by atoms with Crippen LogP contribution in [0.15, 0.2) is 60.7 Å². The number of hydrogen-bond acceptors (Lipinski definition) is 2. The SMILES string of the molecule is CC(C)c1cccc(C(C)C)c1NC(=O)C1c2ccccc2COc2ccc(F)cc21. The zero-order chi connectivity index (χ0) is 22.1. The van der Waals surface area contributed by atoms with Crippen molar-refractivity contribution in [2.24, 2.45) is 0 Å². The maximum Gasteiger partial charge on any atom is 0.236 e. The molecule has 3 aromatic carbocycles. The van der Waals surface area contributed by atoms with Gasteiger partial charge in [-0.2, -0.15) is 0 Å². The molecule has 0 aliphatic carbocycles. The van der Waals surface area contributed by atoms with Crippen LogP contribution < -0.4 is 10.1 Å². The quantitative estimate of drug-likeness (QED) is 0.511. The number of carbonyl (C=O) groups is 1. The molecule has 0 fully saturated rings. The molecule has 31 heavy (non-hydrogen) atoms. The molecule has 0 bridgehead atoms. The number of ether oxygens (including phenoxy) is 1. The van der Waals surface area contributed by atoms with E-state index in [2.05, 4.69) is 45.1 Å². The number of carbonyl (C=O) groups excluding carboxylic acids is 1. The summed E-state index contributed by atoms with van der Waals surface area (Å²) in [4.78, 5) is 13.8. The molecule has 1 amide bonds. The molecule has 0 saturated heterocycles. The minimum atomic E-state index is -0.662. The topological polar surface area (TPSA) is 38.3 Å². The Morgan fingerprint density at radius 1 is 0.935 bits per heavy atom. The Morgan fingerprint density at radius 3 is 2.29 bits per heavy atom. The lowest BCUT2D eigenvalue weighted by Crippen LogP contribution is -2.24. The van der Waals surface area contributed by atoms with Crippen molar-refractivity contribution in [3.05, 3.63) is 94.3 Å². The fraction of sp³-hybridized carbons (Fsp3) is 0.296. The van der Waals surface area contributed by atoms with Gasteiger partial charge in [-0.25, -0.2) is 4.39 Å². The summed E-state index contributed by atoms with van der Waals surface area (Å²) in [6, 6.07) is 18.3. The fourth-order valence-corrected chi connectivity index (χ4v) is 4.32. The average Bonchev–Trinajstić information content (AvgIpc) is 2.89. The summed E-state index contributed by atoms with van der Waals surface area (Å²) in [5.41, 5.74) is 5.38. The lowest BCUT2D eigenvalue weighted by atomic mass is 9.86. The van der Waals surface area contributed by atoms with Gasteiger partial charge in [0.05, 0.1) is 5.92 Å². The first-order valence-corrected chi connectivity index (χ1v) is 10.8. The van der Waals surface area contributed by atoms with Gasteiger partial charge in [0.15, 0.2) is 0 Å². The van der Waals surface area contributed by atoms with E-state index in [-0.39, 0.29) is 23.6 Å². The number of amides is 1. The van der Waals surface area contributed by atoms with Crippen molar-refractivity contribution < 1.29 is 13.9 Å². The average molecular weight is 418 g/mol. The largest absolute Gasteiger partial charge is 0.489 e. The number of para-hydroxylation sites is 1. The maximum atomic E-state index is 14.2. The molecule has 0 aromatic heterocycles. The van der Waals surface area contributed by atoms with E-state index >= 15 is 0 Å². The number of benzene rings is 3. The van der Waals surface area contributed by atoms with E-state index in [1.165, 1.54) is 12.1 Å². The number of nitrogens with one attached hydrogen (secondary N) is 1. The Kier molecular flexibility index (Phi) is 5.81. The van der Waals surface area contributed by atoms with Crippen molar-refractivity contribution in [2.45, 2.75) is 52.1 Å². The van der Waals surface area contributed by atoms with Gasteiger partial charge in [0.25, 0.3) is 0 Å². The van der Waals surface area contributed by atoms with Crippen molar-refractivity contribution in [2.75, 3.05) is 5.32 Å². The summed E-state index contributed by atoms with van der Waals surface area (Å²) >= 11 is 0.